The second-order valence-electron chi connectivity index (χ2n) is 7.81. The molecular weight excluding hydrogens is 414 g/mol. The number of β-lactam (4-membered cyclic amide) rings is 1. The molecule has 29 heavy (non-hydrogen) atoms. The SMILES string of the molecule is C=C(C)[C@H]1[C@@H](OC)C(=O)N1[C@H](C(SCC)SCC)[C@@H](O)[C@@H](O)[C@H]1COC(C)(C)O1. The van der Waals surface area contributed by atoms with Gasteiger partial charge in [-0.25, -0.2) is 0 Å². The lowest BCUT2D eigenvalue weighted by Gasteiger charge is -2.53. The van der Waals surface area contributed by atoms with Gasteiger partial charge in [-0.15, -0.1) is 23.5 Å². The standard InChI is InChI=1S/C20H35NO6S2/c1-8-28-19(29-9-2)14(21-13(11(3)4)17(25-7)18(21)24)16(23)15(22)12-10-26-20(5,6)27-12/h12-17,19,22-23H,3,8-10H2,1-2,4-7H3/t12-,13+,14+,15+,16-,17-/m1/s1. The van der Waals surface area contributed by atoms with E-state index in [4.69, 9.17) is 14.2 Å². The van der Waals surface area contributed by atoms with E-state index in [2.05, 4.69) is 6.58 Å². The van der Waals surface area contributed by atoms with E-state index in [1.165, 1.54) is 7.11 Å². The van der Waals surface area contributed by atoms with Crippen molar-refractivity contribution in [1.29, 1.82) is 0 Å². The summed E-state index contributed by atoms with van der Waals surface area (Å²) >= 11 is 3.31. The van der Waals surface area contributed by atoms with Crippen molar-refractivity contribution < 1.29 is 29.2 Å². The third kappa shape index (κ3) is 5.31. The lowest BCUT2D eigenvalue weighted by Crippen LogP contribution is -2.73. The highest BCUT2D eigenvalue weighted by molar-refractivity contribution is 8.17. The minimum Gasteiger partial charge on any atom is -0.388 e. The van der Waals surface area contributed by atoms with E-state index >= 15 is 0 Å². The van der Waals surface area contributed by atoms with Crippen LogP contribution in [-0.2, 0) is 19.0 Å². The molecule has 0 bridgehead atoms. The number of thioether (sulfide) groups is 2. The van der Waals surface area contributed by atoms with E-state index in [0.717, 1.165) is 17.1 Å². The first-order valence-electron chi connectivity index (χ1n) is 10.0. The number of likely N-dealkylation sites (tertiary alicyclic amines) is 1. The third-order valence-corrected chi connectivity index (χ3v) is 7.91. The predicted octanol–water partition coefficient (Wildman–Crippen LogP) is 1.86. The van der Waals surface area contributed by atoms with Gasteiger partial charge in [-0.05, 0) is 32.3 Å². The Morgan fingerprint density at radius 2 is 1.93 bits per heavy atom. The van der Waals surface area contributed by atoms with Gasteiger partial charge in [0.2, 0.25) is 0 Å². The van der Waals surface area contributed by atoms with Crippen molar-refractivity contribution in [2.75, 3.05) is 25.2 Å². The monoisotopic (exact) mass is 449 g/mol. The number of hydrogen-bond acceptors (Lipinski definition) is 8. The fraction of sp³-hybridized carbons (Fsp3) is 0.850. The fourth-order valence-corrected chi connectivity index (χ4v) is 6.71. The summed E-state index contributed by atoms with van der Waals surface area (Å²) in [4.78, 5) is 14.5. The average molecular weight is 450 g/mol. The van der Waals surface area contributed by atoms with Gasteiger partial charge in [0, 0.05) is 7.11 Å². The molecule has 9 heteroatoms. The van der Waals surface area contributed by atoms with Crippen LogP contribution in [-0.4, -0.2) is 93.1 Å². The summed E-state index contributed by atoms with van der Waals surface area (Å²) in [7, 11) is 1.50. The van der Waals surface area contributed by atoms with Crippen LogP contribution in [0.2, 0.25) is 0 Å². The number of rotatable bonds is 11. The number of methoxy groups -OCH3 is 1. The zero-order valence-electron chi connectivity index (χ0n) is 18.2. The number of ether oxygens (including phenoxy) is 3. The molecule has 2 saturated heterocycles. The molecule has 0 saturated carbocycles. The van der Waals surface area contributed by atoms with Gasteiger partial charge < -0.3 is 29.3 Å². The molecule has 2 fully saturated rings. The maximum atomic E-state index is 12.9. The number of carbonyl (C=O) groups excluding carboxylic acids is 1. The number of hydrogen-bond donors (Lipinski definition) is 2. The second kappa shape index (κ2) is 10.3. The van der Waals surface area contributed by atoms with Gasteiger partial charge in [0.1, 0.15) is 18.3 Å². The van der Waals surface area contributed by atoms with Gasteiger partial charge in [0.25, 0.3) is 5.91 Å². The van der Waals surface area contributed by atoms with Crippen molar-refractivity contribution in [3.05, 3.63) is 12.2 Å². The maximum absolute atomic E-state index is 12.9. The molecule has 0 radical (unpaired) electrons. The second-order valence-corrected chi connectivity index (χ2v) is 10.9. The first kappa shape index (κ1) is 25.0. The summed E-state index contributed by atoms with van der Waals surface area (Å²) in [5, 5.41) is 22.2. The number of nitrogens with zero attached hydrogens (tertiary/aromatic N) is 1. The third-order valence-electron chi connectivity index (χ3n) is 5.22. The van der Waals surface area contributed by atoms with Crippen LogP contribution >= 0.6 is 23.5 Å². The molecule has 1 amide bonds. The van der Waals surface area contributed by atoms with E-state index in [1.54, 1.807) is 42.3 Å². The van der Waals surface area contributed by atoms with Gasteiger partial charge in [0.15, 0.2) is 11.9 Å². The van der Waals surface area contributed by atoms with Crippen molar-refractivity contribution in [2.45, 2.75) is 81.5 Å². The Labute approximate surface area is 182 Å². The van der Waals surface area contributed by atoms with E-state index < -0.39 is 36.2 Å². The van der Waals surface area contributed by atoms with E-state index in [-0.39, 0.29) is 23.1 Å². The topological polar surface area (TPSA) is 88.5 Å². The Balaban J connectivity index is 2.34. The quantitative estimate of drug-likeness (QED) is 0.281. The Hall–Kier alpha value is -0.290. The fourth-order valence-electron chi connectivity index (χ4n) is 3.88. The molecule has 0 aliphatic carbocycles. The average Bonchev–Trinajstić information content (AvgIpc) is 3.02. The largest absolute Gasteiger partial charge is 0.388 e. The van der Waals surface area contributed by atoms with E-state index in [0.29, 0.717) is 0 Å². The summed E-state index contributed by atoms with van der Waals surface area (Å²) < 4.78 is 16.6. The van der Waals surface area contributed by atoms with Crippen LogP contribution in [0.4, 0.5) is 0 Å². The molecule has 6 atom stereocenters. The van der Waals surface area contributed by atoms with Gasteiger partial charge in [0.05, 0.1) is 23.3 Å². The summed E-state index contributed by atoms with van der Waals surface area (Å²) in [5.41, 5.74) is 0.784. The number of aliphatic hydroxyl groups excluding tert-OH is 2. The van der Waals surface area contributed by atoms with Crippen molar-refractivity contribution in [3.63, 3.8) is 0 Å². The molecule has 7 nitrogen and oxygen atoms in total. The molecule has 0 aromatic heterocycles. The molecule has 2 aliphatic heterocycles. The highest BCUT2D eigenvalue weighted by Gasteiger charge is 2.56. The highest BCUT2D eigenvalue weighted by atomic mass is 32.2. The van der Waals surface area contributed by atoms with Crippen LogP contribution in [0.15, 0.2) is 12.2 Å². The molecule has 0 unspecified atom stereocenters. The van der Waals surface area contributed by atoms with Gasteiger partial charge >= 0.3 is 0 Å². The minimum atomic E-state index is -1.20. The molecule has 0 aromatic rings. The molecule has 0 spiro atoms. The molecule has 2 heterocycles. The molecule has 2 aliphatic rings. The van der Waals surface area contributed by atoms with Crippen molar-refractivity contribution in [3.8, 4) is 0 Å². The van der Waals surface area contributed by atoms with Crippen molar-refractivity contribution >= 4 is 29.4 Å². The predicted molar refractivity (Wildman–Crippen MR) is 117 cm³/mol. The molecule has 2 N–H and O–H groups in total. The lowest BCUT2D eigenvalue weighted by molar-refractivity contribution is -0.186. The zero-order chi connectivity index (χ0) is 21.9. The zero-order valence-corrected chi connectivity index (χ0v) is 19.8. The van der Waals surface area contributed by atoms with Crippen LogP contribution in [0, 0.1) is 0 Å². The first-order valence-corrected chi connectivity index (χ1v) is 12.1. The van der Waals surface area contributed by atoms with Gasteiger partial charge in [-0.2, -0.15) is 0 Å². The summed E-state index contributed by atoms with van der Waals surface area (Å²) in [6, 6.07) is -0.957. The van der Waals surface area contributed by atoms with Crippen LogP contribution in [0.3, 0.4) is 0 Å². The van der Waals surface area contributed by atoms with Gasteiger partial charge in [-0.3, -0.25) is 4.79 Å². The first-order chi connectivity index (χ1) is 13.6. The van der Waals surface area contributed by atoms with E-state index in [1.807, 2.05) is 20.8 Å². The Morgan fingerprint density at radius 1 is 1.34 bits per heavy atom. The number of aliphatic hydroxyl groups is 2. The Kier molecular flexibility index (Phi) is 8.91. The van der Waals surface area contributed by atoms with Crippen LogP contribution in [0.5, 0.6) is 0 Å². The summed E-state index contributed by atoms with van der Waals surface area (Å²) in [6.45, 7) is 13.7. The van der Waals surface area contributed by atoms with Crippen molar-refractivity contribution in [2.24, 2.45) is 0 Å². The number of amides is 1. The molecule has 0 aromatic carbocycles. The maximum Gasteiger partial charge on any atom is 0.255 e. The van der Waals surface area contributed by atoms with E-state index in [9.17, 15) is 15.0 Å². The smallest absolute Gasteiger partial charge is 0.255 e. The molecule has 2 rings (SSSR count). The van der Waals surface area contributed by atoms with Crippen molar-refractivity contribution in [1.82, 2.24) is 4.90 Å². The Bertz CT molecular complexity index is 583. The lowest BCUT2D eigenvalue weighted by atomic mass is 9.87. The minimum absolute atomic E-state index is 0.117. The highest BCUT2D eigenvalue weighted by Crippen LogP contribution is 2.40. The number of carbonyl (C=O) groups is 1. The summed E-state index contributed by atoms with van der Waals surface area (Å²) in [5.74, 6) is 0.630. The molecule has 168 valence electrons. The summed E-state index contributed by atoms with van der Waals surface area (Å²) in [6.07, 6.45) is -3.67. The van der Waals surface area contributed by atoms with Crippen LogP contribution < -0.4 is 0 Å². The Morgan fingerprint density at radius 3 is 2.34 bits per heavy atom. The molecular formula is C20H35NO6S2. The normalized spacial score (nSPS) is 29.6. The van der Waals surface area contributed by atoms with Crippen LogP contribution in [0.25, 0.3) is 0 Å². The van der Waals surface area contributed by atoms with Gasteiger partial charge in [-0.1, -0.05) is 26.0 Å². The van der Waals surface area contributed by atoms with Crippen LogP contribution in [0.1, 0.15) is 34.6 Å².